The van der Waals surface area contributed by atoms with Gasteiger partial charge < -0.3 is 15.8 Å². The number of anilines is 1. The van der Waals surface area contributed by atoms with Gasteiger partial charge in [-0.3, -0.25) is 4.79 Å². The molecule has 0 radical (unpaired) electrons. The molecule has 116 valence electrons. The molecule has 2 aromatic carbocycles. The molecule has 0 saturated heterocycles. The van der Waals surface area contributed by atoms with Crippen molar-refractivity contribution in [2.45, 2.75) is 26.0 Å². The van der Waals surface area contributed by atoms with Crippen molar-refractivity contribution >= 4 is 11.6 Å². The van der Waals surface area contributed by atoms with Crippen LogP contribution in [0.2, 0.25) is 0 Å². The molecule has 0 bridgehead atoms. The second-order valence-corrected chi connectivity index (χ2v) is 5.18. The number of hydrogen-bond acceptors (Lipinski definition) is 3. The monoisotopic (exact) mass is 298 g/mol. The minimum atomic E-state index is 0.0236. The second kappa shape index (κ2) is 8.20. The molecule has 0 unspecified atom stereocenters. The van der Waals surface area contributed by atoms with Crippen molar-refractivity contribution in [3.8, 4) is 0 Å². The van der Waals surface area contributed by atoms with Crippen LogP contribution >= 0.6 is 0 Å². The van der Waals surface area contributed by atoms with Crippen LogP contribution in [0.4, 0.5) is 5.69 Å². The van der Waals surface area contributed by atoms with Crippen LogP contribution in [-0.2, 0) is 29.1 Å². The van der Waals surface area contributed by atoms with Crippen molar-refractivity contribution in [3.63, 3.8) is 0 Å². The average Bonchev–Trinajstić information content (AvgIpc) is 2.53. The molecule has 0 atom stereocenters. The lowest BCUT2D eigenvalue weighted by atomic mass is 10.1. The van der Waals surface area contributed by atoms with E-state index in [0.29, 0.717) is 26.0 Å². The van der Waals surface area contributed by atoms with Crippen molar-refractivity contribution in [1.29, 1.82) is 0 Å². The molecule has 2 aromatic rings. The van der Waals surface area contributed by atoms with Crippen LogP contribution in [-0.4, -0.2) is 13.0 Å². The van der Waals surface area contributed by atoms with Gasteiger partial charge in [0, 0.05) is 25.8 Å². The Morgan fingerprint density at radius 2 is 1.68 bits per heavy atom. The van der Waals surface area contributed by atoms with Crippen LogP contribution < -0.4 is 11.1 Å². The fourth-order valence-electron chi connectivity index (χ4n) is 2.32. The topological polar surface area (TPSA) is 64.3 Å². The van der Waals surface area contributed by atoms with E-state index in [2.05, 4.69) is 5.32 Å². The van der Waals surface area contributed by atoms with E-state index >= 15 is 0 Å². The molecule has 2 rings (SSSR count). The highest BCUT2D eigenvalue weighted by atomic mass is 16.5. The Bertz CT molecular complexity index is 626. The van der Waals surface area contributed by atoms with Crippen molar-refractivity contribution in [1.82, 2.24) is 5.32 Å². The molecule has 0 aliphatic heterocycles. The highest BCUT2D eigenvalue weighted by molar-refractivity contribution is 5.76. The van der Waals surface area contributed by atoms with Gasteiger partial charge in [0.25, 0.3) is 0 Å². The first-order valence-corrected chi connectivity index (χ1v) is 7.36. The number of benzene rings is 2. The number of amides is 1. The molecule has 0 aliphatic rings. The number of nitrogen functional groups attached to an aromatic ring is 1. The zero-order valence-corrected chi connectivity index (χ0v) is 12.8. The molecule has 0 saturated carbocycles. The summed E-state index contributed by atoms with van der Waals surface area (Å²) < 4.78 is 5.17. The molecule has 0 aromatic heterocycles. The number of hydrogen-bond donors (Lipinski definition) is 2. The number of carbonyl (C=O) groups excluding carboxylic acids is 1. The Balaban J connectivity index is 1.84. The highest BCUT2D eigenvalue weighted by Crippen LogP contribution is 2.13. The molecule has 0 spiro atoms. The first-order valence-electron chi connectivity index (χ1n) is 7.36. The van der Waals surface area contributed by atoms with E-state index in [1.165, 1.54) is 0 Å². The van der Waals surface area contributed by atoms with Crippen LogP contribution in [0.3, 0.4) is 0 Å². The predicted octanol–water partition coefficient (Wildman–Crippen LogP) is 2.66. The van der Waals surface area contributed by atoms with Crippen molar-refractivity contribution in [2.24, 2.45) is 0 Å². The zero-order chi connectivity index (χ0) is 15.8. The van der Waals surface area contributed by atoms with Gasteiger partial charge in [-0.05, 0) is 29.2 Å². The highest BCUT2D eigenvalue weighted by Gasteiger charge is 2.06. The SMILES string of the molecule is COCc1ccccc1CNC(=O)CCc1ccccc1N. The number of aryl methyl sites for hydroxylation is 1. The van der Waals surface area contributed by atoms with Gasteiger partial charge in [0.1, 0.15) is 0 Å². The van der Waals surface area contributed by atoms with Gasteiger partial charge >= 0.3 is 0 Å². The summed E-state index contributed by atoms with van der Waals surface area (Å²) >= 11 is 0. The third-order valence-electron chi connectivity index (χ3n) is 3.57. The smallest absolute Gasteiger partial charge is 0.220 e. The van der Waals surface area contributed by atoms with E-state index in [-0.39, 0.29) is 5.91 Å². The Morgan fingerprint density at radius 1 is 1.05 bits per heavy atom. The molecule has 0 heterocycles. The molecule has 22 heavy (non-hydrogen) atoms. The molecule has 4 heteroatoms. The normalized spacial score (nSPS) is 10.4. The molecule has 0 aliphatic carbocycles. The third kappa shape index (κ3) is 4.60. The van der Waals surface area contributed by atoms with E-state index in [1.54, 1.807) is 7.11 Å². The van der Waals surface area contributed by atoms with Gasteiger partial charge in [-0.25, -0.2) is 0 Å². The maximum absolute atomic E-state index is 12.0. The third-order valence-corrected chi connectivity index (χ3v) is 3.57. The predicted molar refractivity (Wildman–Crippen MR) is 88.2 cm³/mol. The second-order valence-electron chi connectivity index (χ2n) is 5.18. The molecule has 3 N–H and O–H groups in total. The fraction of sp³-hybridized carbons (Fsp3) is 0.278. The summed E-state index contributed by atoms with van der Waals surface area (Å²) in [4.78, 5) is 12.0. The van der Waals surface area contributed by atoms with Gasteiger partial charge in [0.15, 0.2) is 0 Å². The number of nitrogens with two attached hydrogens (primary N) is 1. The summed E-state index contributed by atoms with van der Waals surface area (Å²) in [6.07, 6.45) is 1.08. The molecule has 4 nitrogen and oxygen atoms in total. The minimum absolute atomic E-state index is 0.0236. The maximum atomic E-state index is 12.0. The van der Waals surface area contributed by atoms with E-state index in [1.807, 2.05) is 48.5 Å². The number of nitrogens with one attached hydrogen (secondary N) is 1. The van der Waals surface area contributed by atoms with Crippen molar-refractivity contribution in [3.05, 3.63) is 65.2 Å². The molecular formula is C18H22N2O2. The molecule has 1 amide bonds. The van der Waals surface area contributed by atoms with Gasteiger partial charge in [0.05, 0.1) is 6.61 Å². The van der Waals surface area contributed by atoms with Crippen molar-refractivity contribution < 1.29 is 9.53 Å². The Kier molecular flexibility index (Phi) is 5.98. The minimum Gasteiger partial charge on any atom is -0.399 e. The molecular weight excluding hydrogens is 276 g/mol. The Labute approximate surface area is 131 Å². The number of para-hydroxylation sites is 1. The lowest BCUT2D eigenvalue weighted by Gasteiger charge is -2.10. The van der Waals surface area contributed by atoms with Crippen LogP contribution in [0.1, 0.15) is 23.1 Å². The molecule has 0 fully saturated rings. The van der Waals surface area contributed by atoms with E-state index in [9.17, 15) is 4.79 Å². The Hall–Kier alpha value is -2.33. The number of rotatable bonds is 7. The van der Waals surface area contributed by atoms with Crippen LogP contribution in [0.15, 0.2) is 48.5 Å². The first kappa shape index (κ1) is 16.0. The number of ether oxygens (including phenoxy) is 1. The van der Waals surface area contributed by atoms with E-state index in [4.69, 9.17) is 10.5 Å². The van der Waals surface area contributed by atoms with E-state index in [0.717, 1.165) is 22.4 Å². The number of carbonyl (C=O) groups is 1. The van der Waals surface area contributed by atoms with E-state index < -0.39 is 0 Å². The number of methoxy groups -OCH3 is 1. The van der Waals surface area contributed by atoms with Gasteiger partial charge in [-0.2, -0.15) is 0 Å². The van der Waals surface area contributed by atoms with Crippen LogP contribution in [0.25, 0.3) is 0 Å². The van der Waals surface area contributed by atoms with Crippen LogP contribution in [0.5, 0.6) is 0 Å². The summed E-state index contributed by atoms with van der Waals surface area (Å²) in [5.41, 5.74) is 9.80. The van der Waals surface area contributed by atoms with Gasteiger partial charge in [-0.15, -0.1) is 0 Å². The quantitative estimate of drug-likeness (QED) is 0.772. The fourth-order valence-corrected chi connectivity index (χ4v) is 2.32. The largest absolute Gasteiger partial charge is 0.399 e. The summed E-state index contributed by atoms with van der Waals surface area (Å²) in [6.45, 7) is 1.06. The van der Waals surface area contributed by atoms with Gasteiger partial charge in [0.2, 0.25) is 5.91 Å². The summed E-state index contributed by atoms with van der Waals surface area (Å²) in [5.74, 6) is 0.0236. The van der Waals surface area contributed by atoms with Gasteiger partial charge in [-0.1, -0.05) is 42.5 Å². The summed E-state index contributed by atoms with van der Waals surface area (Å²) in [6, 6.07) is 15.6. The average molecular weight is 298 g/mol. The lowest BCUT2D eigenvalue weighted by molar-refractivity contribution is -0.121. The Morgan fingerprint density at radius 3 is 2.36 bits per heavy atom. The van der Waals surface area contributed by atoms with Crippen LogP contribution in [0, 0.1) is 0 Å². The zero-order valence-electron chi connectivity index (χ0n) is 12.8. The standard InChI is InChI=1S/C18H22N2O2/c1-22-13-16-8-3-2-7-15(16)12-20-18(21)11-10-14-6-4-5-9-17(14)19/h2-9H,10-13,19H2,1H3,(H,20,21). The maximum Gasteiger partial charge on any atom is 0.220 e. The summed E-state index contributed by atoms with van der Waals surface area (Å²) in [5, 5.41) is 2.95. The summed E-state index contributed by atoms with van der Waals surface area (Å²) in [7, 11) is 1.67. The van der Waals surface area contributed by atoms with Crippen molar-refractivity contribution in [2.75, 3.05) is 12.8 Å². The first-order chi connectivity index (χ1) is 10.7. The lowest BCUT2D eigenvalue weighted by Crippen LogP contribution is -2.23.